The highest BCUT2D eigenvalue weighted by Gasteiger charge is 2.34. The van der Waals surface area contributed by atoms with E-state index in [1.165, 1.54) is 5.52 Å². The van der Waals surface area contributed by atoms with Gasteiger partial charge in [-0.1, -0.05) is 37.3 Å². The molecular formula is C20H21N3O. The van der Waals surface area contributed by atoms with Gasteiger partial charge >= 0.3 is 0 Å². The van der Waals surface area contributed by atoms with E-state index in [-0.39, 0.29) is 11.8 Å². The number of amides is 1. The number of para-hydroxylation sites is 3. The third kappa shape index (κ3) is 2.48. The second-order valence-electron chi connectivity index (χ2n) is 6.35. The average molecular weight is 319 g/mol. The molecule has 3 aromatic rings. The van der Waals surface area contributed by atoms with Crippen LogP contribution in [0.3, 0.4) is 0 Å². The molecular weight excluding hydrogens is 298 g/mol. The summed E-state index contributed by atoms with van der Waals surface area (Å²) in [7, 11) is 0. The maximum absolute atomic E-state index is 12.5. The highest BCUT2D eigenvalue weighted by molar-refractivity contribution is 5.96. The fourth-order valence-corrected chi connectivity index (χ4v) is 3.60. The van der Waals surface area contributed by atoms with Crippen LogP contribution in [0, 0.1) is 0 Å². The van der Waals surface area contributed by atoms with Crippen molar-refractivity contribution < 1.29 is 4.79 Å². The summed E-state index contributed by atoms with van der Waals surface area (Å²) in [5.41, 5.74) is 3.16. The van der Waals surface area contributed by atoms with Crippen LogP contribution in [0.25, 0.3) is 11.0 Å². The molecule has 1 amide bonds. The summed E-state index contributed by atoms with van der Waals surface area (Å²) < 4.78 is 2.29. The van der Waals surface area contributed by atoms with E-state index >= 15 is 0 Å². The molecule has 0 unspecified atom stereocenters. The fourth-order valence-electron chi connectivity index (χ4n) is 3.60. The van der Waals surface area contributed by atoms with Crippen LogP contribution in [0.4, 0.5) is 5.69 Å². The minimum Gasteiger partial charge on any atom is -0.328 e. The number of aromatic nitrogens is 2. The molecule has 0 bridgehead atoms. The summed E-state index contributed by atoms with van der Waals surface area (Å²) in [4.78, 5) is 19.3. The Morgan fingerprint density at radius 2 is 1.83 bits per heavy atom. The lowest BCUT2D eigenvalue weighted by atomic mass is 10.1. The first kappa shape index (κ1) is 14.9. The molecule has 2 heterocycles. The summed E-state index contributed by atoms with van der Waals surface area (Å²) in [5.74, 6) is 1.38. The molecule has 0 saturated carbocycles. The molecule has 1 aliphatic rings. The average Bonchev–Trinajstić information content (AvgIpc) is 3.17. The van der Waals surface area contributed by atoms with Gasteiger partial charge in [0, 0.05) is 31.1 Å². The summed E-state index contributed by atoms with van der Waals surface area (Å²) >= 11 is 0. The highest BCUT2D eigenvalue weighted by atomic mass is 16.2. The van der Waals surface area contributed by atoms with Gasteiger partial charge in [-0.2, -0.15) is 0 Å². The zero-order valence-electron chi connectivity index (χ0n) is 13.9. The maximum atomic E-state index is 12.5. The van der Waals surface area contributed by atoms with Crippen LogP contribution in [0.1, 0.15) is 31.5 Å². The van der Waals surface area contributed by atoms with Gasteiger partial charge in [-0.05, 0) is 30.7 Å². The van der Waals surface area contributed by atoms with Gasteiger partial charge < -0.3 is 9.47 Å². The molecule has 0 N–H and O–H groups in total. The van der Waals surface area contributed by atoms with Crippen LogP contribution >= 0.6 is 0 Å². The molecule has 0 aliphatic carbocycles. The van der Waals surface area contributed by atoms with Gasteiger partial charge in [0.1, 0.15) is 5.82 Å². The van der Waals surface area contributed by atoms with E-state index in [0.717, 1.165) is 30.0 Å². The van der Waals surface area contributed by atoms with Gasteiger partial charge in [-0.25, -0.2) is 4.98 Å². The van der Waals surface area contributed by atoms with Gasteiger partial charge in [-0.3, -0.25) is 4.79 Å². The predicted molar refractivity (Wildman–Crippen MR) is 96.2 cm³/mol. The lowest BCUT2D eigenvalue weighted by Crippen LogP contribution is -2.24. The Labute approximate surface area is 141 Å². The summed E-state index contributed by atoms with van der Waals surface area (Å²) in [6, 6.07) is 18.2. The van der Waals surface area contributed by atoms with Gasteiger partial charge in [0.25, 0.3) is 0 Å². The van der Waals surface area contributed by atoms with E-state index in [1.54, 1.807) is 0 Å². The predicted octanol–water partition coefficient (Wildman–Crippen LogP) is 3.97. The molecule has 1 aliphatic heterocycles. The largest absolute Gasteiger partial charge is 0.328 e. The molecule has 2 aromatic carbocycles. The number of nitrogens with zero attached hydrogens (tertiary/aromatic N) is 3. The van der Waals surface area contributed by atoms with E-state index in [4.69, 9.17) is 4.98 Å². The van der Waals surface area contributed by atoms with E-state index in [2.05, 4.69) is 29.7 Å². The number of aryl methyl sites for hydroxylation is 1. The number of hydrogen-bond donors (Lipinski definition) is 0. The third-order valence-corrected chi connectivity index (χ3v) is 4.69. The summed E-state index contributed by atoms with van der Waals surface area (Å²) in [5, 5.41) is 0. The first-order valence-corrected chi connectivity index (χ1v) is 8.58. The fraction of sp³-hybridized carbons (Fsp3) is 0.300. The van der Waals surface area contributed by atoms with Crippen molar-refractivity contribution in [1.29, 1.82) is 0 Å². The third-order valence-electron chi connectivity index (χ3n) is 4.69. The lowest BCUT2D eigenvalue weighted by Gasteiger charge is -2.17. The van der Waals surface area contributed by atoms with Gasteiger partial charge in [0.15, 0.2) is 0 Å². The smallest absolute Gasteiger partial charge is 0.227 e. The molecule has 4 rings (SSSR count). The van der Waals surface area contributed by atoms with Crippen molar-refractivity contribution in [3.63, 3.8) is 0 Å². The standard InChI is InChI=1S/C20H21N3O/c1-2-12-22-18-11-7-6-10-17(18)21-20(22)15-13-19(24)23(14-15)16-8-4-3-5-9-16/h3-11,15H,2,12-14H2,1H3/t15-/m0/s1. The molecule has 1 atom stereocenters. The maximum Gasteiger partial charge on any atom is 0.227 e. The van der Waals surface area contributed by atoms with Gasteiger partial charge in [0.05, 0.1) is 11.0 Å². The Hall–Kier alpha value is -2.62. The number of carbonyl (C=O) groups is 1. The van der Waals surface area contributed by atoms with Crippen LogP contribution in [0.15, 0.2) is 54.6 Å². The van der Waals surface area contributed by atoms with Crippen molar-refractivity contribution in [3.8, 4) is 0 Å². The Morgan fingerprint density at radius 1 is 1.08 bits per heavy atom. The number of imidazole rings is 1. The van der Waals surface area contributed by atoms with Crippen LogP contribution in [0.2, 0.25) is 0 Å². The molecule has 1 fully saturated rings. The Morgan fingerprint density at radius 3 is 2.62 bits per heavy atom. The summed E-state index contributed by atoms with van der Waals surface area (Å²) in [6.45, 7) is 3.82. The number of benzene rings is 2. The summed E-state index contributed by atoms with van der Waals surface area (Å²) in [6.07, 6.45) is 1.58. The highest BCUT2D eigenvalue weighted by Crippen LogP contribution is 2.33. The topological polar surface area (TPSA) is 38.1 Å². The molecule has 24 heavy (non-hydrogen) atoms. The monoisotopic (exact) mass is 319 g/mol. The number of fused-ring (bicyclic) bond motifs is 1. The van der Waals surface area contributed by atoms with E-state index in [0.29, 0.717) is 13.0 Å². The Bertz CT molecular complexity index is 869. The molecule has 122 valence electrons. The number of hydrogen-bond acceptors (Lipinski definition) is 2. The Balaban J connectivity index is 1.71. The van der Waals surface area contributed by atoms with E-state index < -0.39 is 0 Å². The van der Waals surface area contributed by atoms with Crippen molar-refractivity contribution in [2.24, 2.45) is 0 Å². The van der Waals surface area contributed by atoms with Crippen molar-refractivity contribution in [2.45, 2.75) is 32.2 Å². The molecule has 1 aromatic heterocycles. The first-order chi connectivity index (χ1) is 11.8. The lowest BCUT2D eigenvalue weighted by molar-refractivity contribution is -0.117. The van der Waals surface area contributed by atoms with Crippen molar-refractivity contribution in [3.05, 3.63) is 60.4 Å². The molecule has 0 radical (unpaired) electrons. The molecule has 4 nitrogen and oxygen atoms in total. The van der Waals surface area contributed by atoms with Crippen LogP contribution in [0.5, 0.6) is 0 Å². The second kappa shape index (κ2) is 6.11. The number of carbonyl (C=O) groups excluding carboxylic acids is 1. The Kier molecular flexibility index (Phi) is 3.81. The minimum atomic E-state index is 0.150. The van der Waals surface area contributed by atoms with Gasteiger partial charge in [0.2, 0.25) is 5.91 Å². The molecule has 0 spiro atoms. The van der Waals surface area contributed by atoms with Crippen LogP contribution < -0.4 is 4.90 Å². The number of rotatable bonds is 4. The quantitative estimate of drug-likeness (QED) is 0.730. The molecule has 4 heteroatoms. The van der Waals surface area contributed by atoms with Crippen LogP contribution in [-0.4, -0.2) is 22.0 Å². The normalized spacial score (nSPS) is 17.8. The SMILES string of the molecule is CCCn1c([C@H]2CC(=O)N(c3ccccc3)C2)nc2ccccc21. The zero-order chi connectivity index (χ0) is 16.5. The number of anilines is 1. The zero-order valence-corrected chi connectivity index (χ0v) is 13.9. The van der Waals surface area contributed by atoms with E-state index in [9.17, 15) is 4.79 Å². The first-order valence-electron chi connectivity index (χ1n) is 8.58. The van der Waals surface area contributed by atoms with Gasteiger partial charge in [-0.15, -0.1) is 0 Å². The minimum absolute atomic E-state index is 0.150. The second-order valence-corrected chi connectivity index (χ2v) is 6.35. The molecule has 1 saturated heterocycles. The van der Waals surface area contributed by atoms with Crippen molar-refractivity contribution in [2.75, 3.05) is 11.4 Å². The van der Waals surface area contributed by atoms with E-state index in [1.807, 2.05) is 41.3 Å². The van der Waals surface area contributed by atoms with Crippen molar-refractivity contribution in [1.82, 2.24) is 9.55 Å². The van der Waals surface area contributed by atoms with Crippen molar-refractivity contribution >= 4 is 22.6 Å². The van der Waals surface area contributed by atoms with Crippen LogP contribution in [-0.2, 0) is 11.3 Å².